The van der Waals surface area contributed by atoms with Gasteiger partial charge in [0.2, 0.25) is 0 Å². The molecule has 9 rings (SSSR count). The first-order valence-corrected chi connectivity index (χ1v) is 22.6. The molecule has 1 heterocycles. The van der Waals surface area contributed by atoms with Crippen molar-refractivity contribution in [1.82, 2.24) is 15.0 Å². The minimum Gasteiger partial charge on any atom is -0.309 e. The summed E-state index contributed by atoms with van der Waals surface area (Å²) in [4.78, 5) is 14.2. The lowest BCUT2D eigenvalue weighted by molar-refractivity contribution is 0.592. The maximum absolute atomic E-state index is 14.6. The number of hydrogen-bond acceptors (Lipinski definition) is 4. The predicted octanol–water partition coefficient (Wildman–Crippen LogP) is 13.6. The highest BCUT2D eigenvalue weighted by Gasteiger charge is 2.30. The van der Waals surface area contributed by atoms with E-state index in [9.17, 15) is 13.3 Å². The summed E-state index contributed by atoms with van der Waals surface area (Å²) >= 11 is 0. The molecule has 63 heavy (non-hydrogen) atoms. The van der Waals surface area contributed by atoms with Crippen LogP contribution in [-0.4, -0.2) is 15.0 Å². The molecule has 1 aromatic heterocycles. The Morgan fingerprint density at radius 2 is 0.825 bits per heavy atom. The number of benzene rings is 6. The van der Waals surface area contributed by atoms with Crippen LogP contribution in [0.4, 0.5) is 8.78 Å². The molecule has 3 atom stereocenters. The summed E-state index contributed by atoms with van der Waals surface area (Å²) in [5.74, 6) is 2.66. The van der Waals surface area contributed by atoms with Gasteiger partial charge in [0.25, 0.3) is 0 Å². The van der Waals surface area contributed by atoms with Gasteiger partial charge in [0.05, 0.1) is 0 Å². The van der Waals surface area contributed by atoms with Crippen molar-refractivity contribution in [2.45, 2.75) is 6.92 Å². The van der Waals surface area contributed by atoms with Crippen LogP contribution in [-0.2, 0) is 4.57 Å². The highest BCUT2D eigenvalue weighted by Crippen LogP contribution is 2.46. The average Bonchev–Trinajstić information content (AvgIpc) is 3.34. The quantitative estimate of drug-likeness (QED) is 0.0962. The Bertz CT molecular complexity index is 2960. The van der Waals surface area contributed by atoms with E-state index in [1.807, 2.05) is 97.7 Å². The molecule has 0 amide bonds. The normalized spacial score (nSPS) is 16.9. The molecular weight excluding hydrogens is 800 g/mol. The van der Waals surface area contributed by atoms with Gasteiger partial charge in [-0.2, -0.15) is 0 Å². The Hall–Kier alpha value is -7.40. The zero-order chi connectivity index (χ0) is 43.2. The number of halogens is 2. The highest BCUT2D eigenvalue weighted by atomic mass is 31.2. The van der Waals surface area contributed by atoms with Crippen LogP contribution >= 0.6 is 7.14 Å². The summed E-state index contributed by atoms with van der Waals surface area (Å²) in [6, 6.07) is 46.7. The summed E-state index contributed by atoms with van der Waals surface area (Å²) in [5, 5.41) is 1.59. The van der Waals surface area contributed by atoms with Crippen molar-refractivity contribution in [2.75, 3.05) is 0 Å². The van der Waals surface area contributed by atoms with Crippen LogP contribution in [0, 0.1) is 23.5 Å². The molecule has 0 spiro atoms. The van der Waals surface area contributed by atoms with Crippen LogP contribution in [0.2, 0.25) is 0 Å². The van der Waals surface area contributed by atoms with Gasteiger partial charge in [-0.05, 0) is 94.7 Å². The smallest absolute Gasteiger partial charge is 0.164 e. The lowest BCUT2D eigenvalue weighted by Crippen LogP contribution is -2.19. The van der Waals surface area contributed by atoms with Crippen LogP contribution < -0.4 is 10.6 Å². The van der Waals surface area contributed by atoms with E-state index in [0.717, 1.165) is 38.4 Å². The van der Waals surface area contributed by atoms with Gasteiger partial charge < -0.3 is 4.57 Å². The van der Waals surface area contributed by atoms with Crippen molar-refractivity contribution in [2.24, 2.45) is 11.8 Å². The minimum absolute atomic E-state index is 0.133. The fourth-order valence-corrected chi connectivity index (χ4v) is 10.3. The maximum atomic E-state index is 14.6. The van der Waals surface area contributed by atoms with Gasteiger partial charge >= 0.3 is 0 Å². The molecule has 2 aliphatic rings. The molecule has 0 bridgehead atoms. The second-order valence-electron chi connectivity index (χ2n) is 15.3. The van der Waals surface area contributed by atoms with Gasteiger partial charge in [0.15, 0.2) is 24.6 Å². The predicted molar refractivity (Wildman–Crippen MR) is 256 cm³/mol. The first-order valence-electron chi connectivity index (χ1n) is 20.9. The van der Waals surface area contributed by atoms with E-state index in [-0.39, 0.29) is 23.5 Å². The summed E-state index contributed by atoms with van der Waals surface area (Å²) in [5.41, 5.74) is 8.92. The molecule has 7 aromatic rings. The standard InChI is InChI=1S/C56H42F2N3OP/c1-2-3-4-5-11-38-63(62,48-12-7-6-8-13-48)49-34-28-40(29-35-49)39-16-18-41(19-17-39)50-36-37-51(53-15-10-9-14-52(50)53)42-20-22-43(23-21-42)54-59-55(44-24-30-46(57)31-25-44)61-56(60-54)45-26-32-47(58)33-27-45/h2-38,52-53H,1H3/b3-2-,5-4-,38-11+. The van der Waals surface area contributed by atoms with E-state index in [1.165, 1.54) is 35.4 Å². The molecular formula is C56H42F2N3OP. The third-order valence-electron chi connectivity index (χ3n) is 11.4. The molecule has 0 radical (unpaired) electrons. The van der Waals surface area contributed by atoms with Crippen LogP contribution in [0.1, 0.15) is 18.1 Å². The van der Waals surface area contributed by atoms with E-state index in [1.54, 1.807) is 24.3 Å². The third-order valence-corrected chi connectivity index (χ3v) is 14.1. The topological polar surface area (TPSA) is 55.7 Å². The number of fused-ring (bicyclic) bond motifs is 1. The summed E-state index contributed by atoms with van der Waals surface area (Å²) in [7, 11) is -3.00. The van der Waals surface area contributed by atoms with Gasteiger partial charge in [-0.3, -0.25) is 0 Å². The van der Waals surface area contributed by atoms with Crippen LogP contribution in [0.15, 0.2) is 224 Å². The molecule has 4 nitrogen and oxygen atoms in total. The van der Waals surface area contributed by atoms with Crippen molar-refractivity contribution in [1.29, 1.82) is 0 Å². The van der Waals surface area contributed by atoms with Crippen LogP contribution in [0.5, 0.6) is 0 Å². The van der Waals surface area contributed by atoms with E-state index in [4.69, 9.17) is 9.97 Å². The van der Waals surface area contributed by atoms with E-state index in [0.29, 0.717) is 28.6 Å². The van der Waals surface area contributed by atoms with Gasteiger partial charge in [-0.15, -0.1) is 0 Å². The summed E-state index contributed by atoms with van der Waals surface area (Å²) in [6.07, 6.45) is 22.9. The third kappa shape index (κ3) is 8.86. The maximum Gasteiger partial charge on any atom is 0.164 e. The van der Waals surface area contributed by atoms with E-state index >= 15 is 0 Å². The second-order valence-corrected chi connectivity index (χ2v) is 18.0. The number of rotatable bonds is 11. The van der Waals surface area contributed by atoms with Gasteiger partial charge in [0.1, 0.15) is 11.6 Å². The number of allylic oxidation sites excluding steroid dienone is 13. The largest absolute Gasteiger partial charge is 0.309 e. The second kappa shape index (κ2) is 18.3. The Balaban J connectivity index is 0.976. The monoisotopic (exact) mass is 841 g/mol. The fraction of sp³-hybridized carbons (Fsp3) is 0.0536. The lowest BCUT2D eigenvalue weighted by atomic mass is 9.71. The Morgan fingerprint density at radius 3 is 1.29 bits per heavy atom. The SMILES string of the molecule is C\C=C/C=C\C=C\P(=O)(c1ccccc1)c1ccc(-c2ccc(C3=CC=C(c4ccc(-c5nc(-c6ccc(F)cc6)nc(-c6ccc(F)cc6)n5)cc4)C4C=CC=CC34)cc2)cc1. The van der Waals surface area contributed by atoms with E-state index in [2.05, 4.69) is 90.0 Å². The molecule has 0 saturated carbocycles. The van der Waals surface area contributed by atoms with Gasteiger partial charge in [-0.25, -0.2) is 23.7 Å². The van der Waals surface area contributed by atoms with Crippen molar-refractivity contribution in [3.63, 3.8) is 0 Å². The Kier molecular flexibility index (Phi) is 11.9. The highest BCUT2D eigenvalue weighted by molar-refractivity contribution is 7.81. The molecule has 2 aliphatic carbocycles. The van der Waals surface area contributed by atoms with Crippen LogP contribution in [0.3, 0.4) is 0 Å². The van der Waals surface area contributed by atoms with Gasteiger partial charge in [-0.1, -0.05) is 170 Å². The zero-order valence-electron chi connectivity index (χ0n) is 34.5. The van der Waals surface area contributed by atoms with Crippen molar-refractivity contribution in [3.05, 3.63) is 247 Å². The summed E-state index contributed by atoms with van der Waals surface area (Å²) < 4.78 is 42.2. The van der Waals surface area contributed by atoms with Crippen molar-refractivity contribution in [3.8, 4) is 45.3 Å². The fourth-order valence-electron chi connectivity index (χ4n) is 8.06. The average molecular weight is 842 g/mol. The molecule has 0 N–H and O–H groups in total. The molecule has 0 fully saturated rings. The minimum atomic E-state index is -3.00. The molecule has 6 aromatic carbocycles. The number of hydrogen-bond donors (Lipinski definition) is 0. The van der Waals surface area contributed by atoms with Crippen molar-refractivity contribution < 1.29 is 13.3 Å². The first kappa shape index (κ1) is 41.0. The first-order chi connectivity index (χ1) is 30.9. The zero-order valence-corrected chi connectivity index (χ0v) is 35.4. The molecule has 3 unspecified atom stereocenters. The molecule has 7 heteroatoms. The Morgan fingerprint density at radius 1 is 0.444 bits per heavy atom. The molecule has 306 valence electrons. The number of aromatic nitrogens is 3. The van der Waals surface area contributed by atoms with Crippen molar-refractivity contribution >= 4 is 28.9 Å². The van der Waals surface area contributed by atoms with Crippen LogP contribution in [0.25, 0.3) is 56.4 Å². The molecule has 0 aliphatic heterocycles. The summed E-state index contributed by atoms with van der Waals surface area (Å²) in [6.45, 7) is 1.97. The Labute approximate surface area is 366 Å². The lowest BCUT2D eigenvalue weighted by Gasteiger charge is -2.32. The number of nitrogens with zero attached hydrogens (tertiary/aromatic N) is 3. The van der Waals surface area contributed by atoms with Gasteiger partial charge in [0, 0.05) is 39.1 Å². The van der Waals surface area contributed by atoms with E-state index < -0.39 is 7.14 Å². The molecule has 0 saturated heterocycles.